The molecule has 0 heterocycles. The first-order valence-electron chi connectivity index (χ1n) is 6.07. The van der Waals surface area contributed by atoms with Gasteiger partial charge in [-0.2, -0.15) is 0 Å². The topological polar surface area (TPSA) is 21.3 Å². The van der Waals surface area contributed by atoms with Crippen LogP contribution in [0.3, 0.4) is 0 Å². The summed E-state index contributed by atoms with van der Waals surface area (Å²) in [6.45, 7) is 9.52. The summed E-state index contributed by atoms with van der Waals surface area (Å²) >= 11 is 3.56. The molecule has 0 saturated heterocycles. The number of hydrogen-bond acceptors (Lipinski definition) is 2. The third kappa shape index (κ3) is 5.23. The van der Waals surface area contributed by atoms with Crippen molar-refractivity contribution >= 4 is 22.0 Å². The van der Waals surface area contributed by atoms with Crippen molar-refractivity contribution < 1.29 is 4.74 Å². The maximum absolute atomic E-state index is 5.24. The number of ether oxygens (including phenoxy) is 1. The highest BCUT2D eigenvalue weighted by atomic mass is 79.9. The van der Waals surface area contributed by atoms with E-state index in [9.17, 15) is 0 Å². The molecule has 3 heteroatoms. The van der Waals surface area contributed by atoms with E-state index in [0.717, 1.165) is 22.3 Å². The Bertz CT molecular complexity index is 433. The second-order valence-electron chi connectivity index (χ2n) is 5.48. The zero-order valence-corrected chi connectivity index (χ0v) is 13.4. The monoisotopic (exact) mass is 311 g/mol. The Hall–Kier alpha value is -0.800. The normalized spacial score (nSPS) is 12.7. The van der Waals surface area contributed by atoms with Crippen molar-refractivity contribution in [2.45, 2.75) is 33.2 Å². The molecule has 0 amide bonds. The minimum absolute atomic E-state index is 0.140. The minimum atomic E-state index is 0.140. The van der Waals surface area contributed by atoms with Gasteiger partial charge in [0.05, 0.1) is 7.11 Å². The first-order valence-corrected chi connectivity index (χ1v) is 6.87. The van der Waals surface area contributed by atoms with Gasteiger partial charge in [0.1, 0.15) is 5.75 Å². The molecule has 0 atom stereocenters. The number of halogens is 1. The fraction of sp³-hybridized carbons (Fsp3) is 0.467. The molecule has 0 aliphatic heterocycles. The molecular weight excluding hydrogens is 290 g/mol. The summed E-state index contributed by atoms with van der Waals surface area (Å²) in [6.07, 6.45) is 2.17. The lowest BCUT2D eigenvalue weighted by atomic mass is 10.1. The van der Waals surface area contributed by atoms with Crippen LogP contribution in [0.1, 0.15) is 33.3 Å². The fourth-order valence-electron chi connectivity index (χ4n) is 1.48. The maximum Gasteiger partial charge on any atom is 0.119 e. The van der Waals surface area contributed by atoms with Gasteiger partial charge < -0.3 is 10.1 Å². The zero-order chi connectivity index (χ0) is 13.8. The van der Waals surface area contributed by atoms with E-state index >= 15 is 0 Å². The van der Waals surface area contributed by atoms with Crippen LogP contribution in [0.25, 0.3) is 6.08 Å². The Balaban J connectivity index is 2.81. The molecule has 100 valence electrons. The average Bonchev–Trinajstić information content (AvgIpc) is 2.28. The van der Waals surface area contributed by atoms with Crippen LogP contribution in [-0.4, -0.2) is 19.2 Å². The van der Waals surface area contributed by atoms with Gasteiger partial charge in [0.2, 0.25) is 0 Å². The molecule has 0 unspecified atom stereocenters. The summed E-state index contributed by atoms with van der Waals surface area (Å²) in [7, 11) is 1.69. The Morgan fingerprint density at radius 3 is 2.61 bits per heavy atom. The third-order valence-corrected chi connectivity index (χ3v) is 3.22. The molecule has 1 rings (SSSR count). The Morgan fingerprint density at radius 2 is 2.06 bits per heavy atom. The van der Waals surface area contributed by atoms with Crippen molar-refractivity contribution in [3.8, 4) is 5.75 Å². The molecule has 2 nitrogen and oxygen atoms in total. The van der Waals surface area contributed by atoms with Gasteiger partial charge in [-0.05, 0) is 51.5 Å². The van der Waals surface area contributed by atoms with E-state index in [1.807, 2.05) is 18.2 Å². The number of hydrogen-bond donors (Lipinski definition) is 1. The fourth-order valence-corrected chi connectivity index (χ4v) is 1.84. The van der Waals surface area contributed by atoms with E-state index < -0.39 is 0 Å². The second-order valence-corrected chi connectivity index (χ2v) is 6.34. The van der Waals surface area contributed by atoms with E-state index in [1.54, 1.807) is 7.11 Å². The summed E-state index contributed by atoms with van der Waals surface area (Å²) in [5, 5.41) is 3.48. The van der Waals surface area contributed by atoms with Crippen LogP contribution in [0, 0.1) is 0 Å². The standard InChI is InChI=1S/C15H22BrNO/c1-11(10-17-15(2,3)4)8-12-9-13(18-5)6-7-14(12)16/h6-9,17H,10H2,1-5H3/b11-8-. The molecule has 18 heavy (non-hydrogen) atoms. The highest BCUT2D eigenvalue weighted by Crippen LogP contribution is 2.24. The Kier molecular flexibility index (Phi) is 5.42. The Morgan fingerprint density at radius 1 is 1.39 bits per heavy atom. The van der Waals surface area contributed by atoms with Gasteiger partial charge in [-0.25, -0.2) is 0 Å². The summed E-state index contributed by atoms with van der Waals surface area (Å²) in [6, 6.07) is 5.99. The third-order valence-electron chi connectivity index (χ3n) is 2.50. The predicted octanol–water partition coefficient (Wildman–Crippen LogP) is 4.25. The van der Waals surface area contributed by atoms with Gasteiger partial charge in [0.15, 0.2) is 0 Å². The largest absolute Gasteiger partial charge is 0.497 e. The van der Waals surface area contributed by atoms with Crippen LogP contribution in [0.2, 0.25) is 0 Å². The summed E-state index contributed by atoms with van der Waals surface area (Å²) < 4.78 is 6.32. The van der Waals surface area contributed by atoms with Crippen molar-refractivity contribution in [2.24, 2.45) is 0 Å². The van der Waals surface area contributed by atoms with Gasteiger partial charge in [-0.15, -0.1) is 0 Å². The highest BCUT2D eigenvalue weighted by Gasteiger charge is 2.08. The van der Waals surface area contributed by atoms with Crippen LogP contribution < -0.4 is 10.1 Å². The van der Waals surface area contributed by atoms with E-state index in [4.69, 9.17) is 4.74 Å². The van der Waals surface area contributed by atoms with Crippen LogP contribution in [0.5, 0.6) is 5.75 Å². The molecule has 0 spiro atoms. The van der Waals surface area contributed by atoms with Crippen molar-refractivity contribution in [1.29, 1.82) is 0 Å². The summed E-state index contributed by atoms with van der Waals surface area (Å²) in [5.74, 6) is 0.876. The first-order chi connectivity index (χ1) is 8.31. The molecule has 1 N–H and O–H groups in total. The molecule has 0 bridgehead atoms. The highest BCUT2D eigenvalue weighted by molar-refractivity contribution is 9.10. The quantitative estimate of drug-likeness (QED) is 0.897. The lowest BCUT2D eigenvalue weighted by Gasteiger charge is -2.20. The summed E-state index contributed by atoms with van der Waals surface area (Å²) in [5.41, 5.74) is 2.57. The predicted molar refractivity (Wildman–Crippen MR) is 82.1 cm³/mol. The van der Waals surface area contributed by atoms with Gasteiger partial charge in [-0.1, -0.05) is 27.6 Å². The number of benzene rings is 1. The molecule has 0 aromatic heterocycles. The van der Waals surface area contributed by atoms with E-state index in [-0.39, 0.29) is 5.54 Å². The van der Waals surface area contributed by atoms with E-state index in [1.165, 1.54) is 5.57 Å². The number of rotatable bonds is 4. The number of nitrogens with one attached hydrogen (secondary N) is 1. The van der Waals surface area contributed by atoms with Gasteiger partial charge in [-0.3, -0.25) is 0 Å². The van der Waals surface area contributed by atoms with Gasteiger partial charge in [0, 0.05) is 16.6 Å². The van der Waals surface area contributed by atoms with Crippen molar-refractivity contribution in [1.82, 2.24) is 5.32 Å². The second kappa shape index (κ2) is 6.39. The average molecular weight is 312 g/mol. The van der Waals surface area contributed by atoms with Crippen LogP contribution >= 0.6 is 15.9 Å². The van der Waals surface area contributed by atoms with Crippen molar-refractivity contribution in [2.75, 3.05) is 13.7 Å². The molecular formula is C15H22BrNO. The van der Waals surface area contributed by atoms with Crippen LogP contribution in [-0.2, 0) is 0 Å². The van der Waals surface area contributed by atoms with Gasteiger partial charge in [0.25, 0.3) is 0 Å². The van der Waals surface area contributed by atoms with Gasteiger partial charge >= 0.3 is 0 Å². The Labute approximate surface area is 119 Å². The molecule has 0 radical (unpaired) electrons. The smallest absolute Gasteiger partial charge is 0.119 e. The zero-order valence-electron chi connectivity index (χ0n) is 11.8. The molecule has 1 aromatic rings. The molecule has 0 saturated carbocycles. The minimum Gasteiger partial charge on any atom is -0.497 e. The summed E-state index contributed by atoms with van der Waals surface area (Å²) in [4.78, 5) is 0. The van der Waals surface area contributed by atoms with Crippen LogP contribution in [0.15, 0.2) is 28.2 Å². The van der Waals surface area contributed by atoms with Crippen molar-refractivity contribution in [3.05, 3.63) is 33.8 Å². The van der Waals surface area contributed by atoms with E-state index in [0.29, 0.717) is 0 Å². The first kappa shape index (κ1) is 15.3. The molecule has 0 aliphatic carbocycles. The lowest BCUT2D eigenvalue weighted by molar-refractivity contribution is 0.414. The lowest BCUT2D eigenvalue weighted by Crippen LogP contribution is -2.36. The molecule has 0 fully saturated rings. The molecule has 1 aromatic carbocycles. The van der Waals surface area contributed by atoms with Crippen molar-refractivity contribution in [3.63, 3.8) is 0 Å². The number of methoxy groups -OCH3 is 1. The van der Waals surface area contributed by atoms with Crippen LogP contribution in [0.4, 0.5) is 0 Å². The van der Waals surface area contributed by atoms with E-state index in [2.05, 4.69) is 55.0 Å². The maximum atomic E-state index is 5.24. The SMILES string of the molecule is COc1ccc(Br)c(/C=C(/C)CNC(C)(C)C)c1. The molecule has 0 aliphatic rings.